The molecule has 4 heteroatoms. The molecule has 0 bridgehead atoms. The van der Waals surface area contributed by atoms with Crippen molar-refractivity contribution >= 4 is 49.3 Å². The van der Waals surface area contributed by atoms with Gasteiger partial charge < -0.3 is 0 Å². The first-order valence-corrected chi connectivity index (χ1v) is 26.3. The topological polar surface area (TPSA) is 34.1 Å². The van der Waals surface area contributed by atoms with Crippen molar-refractivity contribution in [3.8, 4) is 22.3 Å². The molecule has 0 aliphatic heterocycles. The zero-order valence-electron chi connectivity index (χ0n) is 33.3. The SMILES string of the molecule is CC[Si](CC)(CC)CCc1c2c(c(CC[Si](CC)(CC)CC)c3ccccc13)C(=O)c1c(c(-c3ccccc3)c3ccccc3c1-c1ccccc1)C2=O. The highest BCUT2D eigenvalue weighted by molar-refractivity contribution is 6.80. The molecule has 0 saturated carbocycles. The third kappa shape index (κ3) is 6.35. The van der Waals surface area contributed by atoms with Gasteiger partial charge in [-0.25, -0.2) is 0 Å². The molecule has 276 valence electrons. The van der Waals surface area contributed by atoms with Gasteiger partial charge >= 0.3 is 0 Å². The van der Waals surface area contributed by atoms with E-state index < -0.39 is 16.1 Å². The number of hydrogen-bond donors (Lipinski definition) is 0. The van der Waals surface area contributed by atoms with Gasteiger partial charge in [-0.05, 0) is 56.6 Å². The summed E-state index contributed by atoms with van der Waals surface area (Å²) in [4.78, 5) is 32.1. The standard InChI is InChI=1S/C50H56O2Si2/c1-7-53(8-2,9-3)33-31-41-37-27-19-20-28-38(37)42(32-34-54(10-4,11-5)12-6)46-45(41)49(51)47-43(35-23-15-13-16-24-35)39-29-21-22-30-40(39)44(48(47)50(46)52)36-25-17-14-18-26-36/h13-30H,7-12,31-34H2,1-6H3. The summed E-state index contributed by atoms with van der Waals surface area (Å²) in [5.74, 6) is 0.0373. The van der Waals surface area contributed by atoms with E-state index in [4.69, 9.17) is 0 Å². The van der Waals surface area contributed by atoms with Crippen LogP contribution in [0.2, 0.25) is 48.4 Å². The number of aryl methyl sites for hydroxylation is 2. The lowest BCUT2D eigenvalue weighted by Crippen LogP contribution is -2.33. The number of carbonyl (C=O) groups is 2. The van der Waals surface area contributed by atoms with Gasteiger partial charge in [-0.1, -0.05) is 199 Å². The predicted octanol–water partition coefficient (Wildman–Crippen LogP) is 14.2. The number of hydrogen-bond acceptors (Lipinski definition) is 2. The highest BCUT2D eigenvalue weighted by Gasteiger charge is 2.41. The van der Waals surface area contributed by atoms with Gasteiger partial charge in [-0.3, -0.25) is 9.59 Å². The van der Waals surface area contributed by atoms with E-state index in [1.807, 2.05) is 36.4 Å². The Morgan fingerprint density at radius 2 is 0.648 bits per heavy atom. The highest BCUT2D eigenvalue weighted by atomic mass is 28.3. The maximum absolute atomic E-state index is 16.1. The third-order valence-electron chi connectivity index (χ3n) is 14.0. The molecule has 0 radical (unpaired) electrons. The zero-order valence-corrected chi connectivity index (χ0v) is 35.3. The van der Waals surface area contributed by atoms with Gasteiger partial charge in [0, 0.05) is 33.4 Å². The second-order valence-corrected chi connectivity index (χ2v) is 27.1. The van der Waals surface area contributed by atoms with E-state index >= 15 is 9.59 Å². The summed E-state index contributed by atoms with van der Waals surface area (Å²) in [6.07, 6.45) is 1.66. The molecule has 0 fully saturated rings. The summed E-state index contributed by atoms with van der Waals surface area (Å²) in [5.41, 5.74) is 8.40. The Bertz CT molecular complexity index is 2150. The van der Waals surface area contributed by atoms with Crippen molar-refractivity contribution in [3.63, 3.8) is 0 Å². The molecule has 0 saturated heterocycles. The number of fused-ring (bicyclic) bond motifs is 4. The Labute approximate surface area is 325 Å². The van der Waals surface area contributed by atoms with Crippen LogP contribution in [0.25, 0.3) is 43.8 Å². The maximum Gasteiger partial charge on any atom is 0.195 e. The van der Waals surface area contributed by atoms with Crippen LogP contribution in [-0.2, 0) is 12.8 Å². The van der Waals surface area contributed by atoms with Gasteiger partial charge in [0.05, 0.1) is 16.1 Å². The fourth-order valence-electron chi connectivity index (χ4n) is 9.89. The van der Waals surface area contributed by atoms with Gasteiger partial charge in [0.15, 0.2) is 11.6 Å². The largest absolute Gasteiger partial charge is 0.289 e. The lowest BCUT2D eigenvalue weighted by atomic mass is 9.71. The Morgan fingerprint density at radius 1 is 0.352 bits per heavy atom. The van der Waals surface area contributed by atoms with E-state index in [9.17, 15) is 0 Å². The van der Waals surface area contributed by atoms with E-state index in [1.165, 1.54) is 47.0 Å². The summed E-state index contributed by atoms with van der Waals surface area (Å²) in [6.45, 7) is 14.2. The first-order chi connectivity index (χ1) is 26.3. The fraction of sp³-hybridized carbons (Fsp3) is 0.320. The molecule has 0 N–H and O–H groups in total. The molecule has 1 aliphatic rings. The van der Waals surface area contributed by atoms with Crippen molar-refractivity contribution < 1.29 is 9.59 Å². The summed E-state index contributed by atoms with van der Waals surface area (Å²) < 4.78 is 0. The molecule has 0 amide bonds. The van der Waals surface area contributed by atoms with Crippen molar-refractivity contribution in [1.82, 2.24) is 0 Å². The lowest BCUT2D eigenvalue weighted by Gasteiger charge is -2.33. The summed E-state index contributed by atoms with van der Waals surface area (Å²) in [5, 5.41) is 4.35. The van der Waals surface area contributed by atoms with Crippen LogP contribution in [0.3, 0.4) is 0 Å². The van der Waals surface area contributed by atoms with Crippen LogP contribution in [0.15, 0.2) is 109 Å². The van der Waals surface area contributed by atoms with Crippen molar-refractivity contribution in [2.24, 2.45) is 0 Å². The normalized spacial score (nSPS) is 13.1. The van der Waals surface area contributed by atoms with Crippen molar-refractivity contribution in [3.05, 3.63) is 143 Å². The molecule has 6 aromatic rings. The van der Waals surface area contributed by atoms with Crippen LogP contribution >= 0.6 is 0 Å². The zero-order chi connectivity index (χ0) is 38.0. The molecular weight excluding hydrogens is 689 g/mol. The summed E-state index contributed by atoms with van der Waals surface area (Å²) in [6, 6.07) is 47.4. The van der Waals surface area contributed by atoms with Gasteiger partial charge in [0.1, 0.15) is 0 Å². The molecule has 0 unspecified atom stereocenters. The smallest absolute Gasteiger partial charge is 0.195 e. The van der Waals surface area contributed by atoms with Crippen LogP contribution < -0.4 is 0 Å². The second kappa shape index (κ2) is 15.8. The van der Waals surface area contributed by atoms with E-state index in [0.717, 1.165) is 69.1 Å². The van der Waals surface area contributed by atoms with Crippen molar-refractivity contribution in [2.45, 2.75) is 103 Å². The number of carbonyl (C=O) groups excluding carboxylic acids is 2. The molecular formula is C50H56O2Si2. The first-order valence-electron chi connectivity index (χ1n) is 20.7. The number of rotatable bonds is 14. The Balaban J connectivity index is 1.62. The summed E-state index contributed by atoms with van der Waals surface area (Å²) >= 11 is 0. The van der Waals surface area contributed by atoms with Gasteiger partial charge in [0.25, 0.3) is 0 Å². The Hall–Kier alpha value is -4.39. The van der Waals surface area contributed by atoms with E-state index in [0.29, 0.717) is 22.3 Å². The molecule has 54 heavy (non-hydrogen) atoms. The predicted molar refractivity (Wildman–Crippen MR) is 237 cm³/mol. The number of benzene rings is 6. The molecule has 1 aliphatic carbocycles. The fourth-order valence-corrected chi connectivity index (χ4v) is 16.6. The van der Waals surface area contributed by atoms with E-state index in [2.05, 4.69) is 114 Å². The van der Waals surface area contributed by atoms with Crippen LogP contribution in [0, 0.1) is 0 Å². The average molecular weight is 745 g/mol. The maximum atomic E-state index is 16.1. The van der Waals surface area contributed by atoms with Crippen LogP contribution in [0.1, 0.15) is 84.5 Å². The quantitative estimate of drug-likeness (QED) is 0.104. The Kier molecular flexibility index (Phi) is 11.1. The molecule has 0 atom stereocenters. The highest BCUT2D eigenvalue weighted by Crippen LogP contribution is 2.49. The average Bonchev–Trinajstić information content (AvgIpc) is 3.23. The van der Waals surface area contributed by atoms with E-state index in [1.54, 1.807) is 0 Å². The minimum atomic E-state index is -1.56. The second-order valence-electron chi connectivity index (χ2n) is 15.8. The molecule has 7 rings (SSSR count). The molecule has 0 spiro atoms. The molecule has 0 aromatic heterocycles. The summed E-state index contributed by atoms with van der Waals surface area (Å²) in [7, 11) is -3.11. The monoisotopic (exact) mass is 744 g/mol. The lowest BCUT2D eigenvalue weighted by molar-refractivity contribution is 0.0979. The molecule has 2 nitrogen and oxygen atoms in total. The Morgan fingerprint density at radius 3 is 0.963 bits per heavy atom. The van der Waals surface area contributed by atoms with Gasteiger partial charge in [-0.15, -0.1) is 0 Å². The minimum absolute atomic E-state index is 0.0186. The molecule has 6 aromatic carbocycles. The van der Waals surface area contributed by atoms with Crippen LogP contribution in [-0.4, -0.2) is 27.7 Å². The van der Waals surface area contributed by atoms with Crippen LogP contribution in [0.5, 0.6) is 0 Å². The van der Waals surface area contributed by atoms with Gasteiger partial charge in [0.2, 0.25) is 0 Å². The van der Waals surface area contributed by atoms with Crippen molar-refractivity contribution in [1.29, 1.82) is 0 Å². The van der Waals surface area contributed by atoms with Crippen LogP contribution in [0.4, 0.5) is 0 Å². The van der Waals surface area contributed by atoms with Gasteiger partial charge in [-0.2, -0.15) is 0 Å². The first kappa shape index (κ1) is 37.9. The third-order valence-corrected chi connectivity index (χ3v) is 25.6. The number of ketones is 2. The molecule has 0 heterocycles. The minimum Gasteiger partial charge on any atom is -0.289 e. The van der Waals surface area contributed by atoms with Crippen molar-refractivity contribution in [2.75, 3.05) is 0 Å². The van der Waals surface area contributed by atoms with E-state index in [-0.39, 0.29) is 11.6 Å².